The predicted octanol–water partition coefficient (Wildman–Crippen LogP) is -2.29. The maximum atomic E-state index is 13.1. The van der Waals surface area contributed by atoms with Crippen molar-refractivity contribution >= 4 is 35.4 Å². The van der Waals surface area contributed by atoms with Crippen molar-refractivity contribution < 1.29 is 24.7 Å². The van der Waals surface area contributed by atoms with Crippen molar-refractivity contribution in [3.63, 3.8) is 0 Å². The SMILES string of the molecule is CC1SCC(C(=O)NC(Cc2cnc[nH]2)C(=O)N2CCCC2C(N)=O)NC1=O.O. The van der Waals surface area contributed by atoms with Crippen LogP contribution in [0.25, 0.3) is 0 Å². The van der Waals surface area contributed by atoms with Crippen LogP contribution in [0.1, 0.15) is 25.5 Å². The molecule has 4 amide bonds. The van der Waals surface area contributed by atoms with Gasteiger partial charge in [-0.25, -0.2) is 4.98 Å². The van der Waals surface area contributed by atoms with Gasteiger partial charge >= 0.3 is 0 Å². The van der Waals surface area contributed by atoms with Gasteiger partial charge in [0.25, 0.3) is 0 Å². The number of aromatic nitrogens is 2. The zero-order valence-electron chi connectivity index (χ0n) is 16.0. The van der Waals surface area contributed by atoms with Crippen LogP contribution >= 0.6 is 11.8 Å². The minimum atomic E-state index is -0.894. The predicted molar refractivity (Wildman–Crippen MR) is 106 cm³/mol. The van der Waals surface area contributed by atoms with E-state index in [0.717, 1.165) is 0 Å². The average Bonchev–Trinajstić information content (AvgIpc) is 3.34. The Morgan fingerprint density at radius 2 is 2.21 bits per heavy atom. The highest BCUT2D eigenvalue weighted by molar-refractivity contribution is 8.00. The standard InChI is InChI=1S/C17H24N6O4S.H2O/c1-9-15(25)22-12(7-28-9)16(26)21-11(5-10-6-19-8-20-10)17(27)23-4-2-3-13(23)14(18)24;/h6,8-9,11-13H,2-5,7H2,1H3,(H2,18,24)(H,19,20)(H,21,26)(H,22,25);1H2. The summed E-state index contributed by atoms with van der Waals surface area (Å²) in [7, 11) is 0. The molecule has 0 spiro atoms. The second-order valence-corrected chi connectivity index (χ2v) is 8.34. The third-order valence-electron chi connectivity index (χ3n) is 4.97. The van der Waals surface area contributed by atoms with Crippen molar-refractivity contribution in [3.8, 4) is 0 Å². The third kappa shape index (κ3) is 5.26. The summed E-state index contributed by atoms with van der Waals surface area (Å²) in [6, 6.07) is -2.27. The Hall–Kier alpha value is -2.60. The summed E-state index contributed by atoms with van der Waals surface area (Å²) in [4.78, 5) is 57.6. The van der Waals surface area contributed by atoms with Crippen LogP contribution in [0.4, 0.5) is 0 Å². The quantitative estimate of drug-likeness (QED) is 0.397. The molecule has 12 heteroatoms. The normalized spacial score (nSPS) is 24.9. The average molecular weight is 426 g/mol. The Bertz CT molecular complexity index is 758. The molecule has 2 aliphatic heterocycles. The van der Waals surface area contributed by atoms with Crippen LogP contribution in [-0.2, 0) is 25.6 Å². The van der Waals surface area contributed by atoms with E-state index in [1.165, 1.54) is 23.0 Å². The Kier molecular flexibility index (Phi) is 7.62. The molecule has 0 bridgehead atoms. The van der Waals surface area contributed by atoms with E-state index >= 15 is 0 Å². The van der Waals surface area contributed by atoms with E-state index in [4.69, 9.17) is 5.73 Å². The van der Waals surface area contributed by atoms with Gasteiger partial charge in [0.05, 0.1) is 11.6 Å². The van der Waals surface area contributed by atoms with Gasteiger partial charge in [-0.2, -0.15) is 0 Å². The molecule has 0 aromatic carbocycles. The number of rotatable bonds is 6. The Labute approximate surface area is 171 Å². The van der Waals surface area contributed by atoms with Gasteiger partial charge in [-0.15, -0.1) is 11.8 Å². The zero-order chi connectivity index (χ0) is 20.3. The third-order valence-corrected chi connectivity index (χ3v) is 6.21. The number of aromatic amines is 1. The Morgan fingerprint density at radius 1 is 1.45 bits per heavy atom. The van der Waals surface area contributed by atoms with Crippen LogP contribution in [-0.4, -0.2) is 79.6 Å². The molecular formula is C17H26N6O5S. The van der Waals surface area contributed by atoms with Gasteiger partial charge in [-0.3, -0.25) is 19.2 Å². The molecule has 29 heavy (non-hydrogen) atoms. The topological polar surface area (TPSA) is 182 Å². The molecule has 7 N–H and O–H groups in total. The second kappa shape index (κ2) is 9.74. The van der Waals surface area contributed by atoms with Gasteiger partial charge in [0.2, 0.25) is 23.6 Å². The number of likely N-dealkylation sites (tertiary alicyclic amines) is 1. The summed E-state index contributed by atoms with van der Waals surface area (Å²) >= 11 is 1.39. The van der Waals surface area contributed by atoms with Crippen LogP contribution in [0.3, 0.4) is 0 Å². The van der Waals surface area contributed by atoms with Crippen LogP contribution < -0.4 is 16.4 Å². The maximum absolute atomic E-state index is 13.1. The van der Waals surface area contributed by atoms with Crippen LogP contribution in [0.5, 0.6) is 0 Å². The molecule has 1 aromatic rings. The minimum Gasteiger partial charge on any atom is -0.412 e. The fourth-order valence-electron chi connectivity index (χ4n) is 3.40. The number of carbonyl (C=O) groups excluding carboxylic acids is 4. The first-order valence-corrected chi connectivity index (χ1v) is 10.2. The van der Waals surface area contributed by atoms with Gasteiger partial charge in [0.15, 0.2) is 0 Å². The summed E-state index contributed by atoms with van der Waals surface area (Å²) in [6.45, 7) is 2.19. The monoisotopic (exact) mass is 426 g/mol. The molecule has 2 saturated heterocycles. The number of carbonyl (C=O) groups is 4. The molecular weight excluding hydrogens is 400 g/mol. The lowest BCUT2D eigenvalue weighted by Crippen LogP contribution is -2.59. The van der Waals surface area contributed by atoms with Gasteiger partial charge in [0.1, 0.15) is 18.1 Å². The van der Waals surface area contributed by atoms with Gasteiger partial charge < -0.3 is 31.7 Å². The van der Waals surface area contributed by atoms with Gasteiger partial charge in [-0.05, 0) is 19.8 Å². The molecule has 3 heterocycles. The van der Waals surface area contributed by atoms with Gasteiger partial charge in [0, 0.05) is 30.6 Å². The molecule has 160 valence electrons. The van der Waals surface area contributed by atoms with E-state index in [9.17, 15) is 19.2 Å². The number of hydrogen-bond acceptors (Lipinski definition) is 6. The summed E-state index contributed by atoms with van der Waals surface area (Å²) in [5.74, 6) is -1.13. The molecule has 2 aliphatic rings. The van der Waals surface area contributed by atoms with Crippen LogP contribution in [0.15, 0.2) is 12.5 Å². The lowest BCUT2D eigenvalue weighted by Gasteiger charge is -2.30. The number of imidazole rings is 1. The fraction of sp³-hybridized carbons (Fsp3) is 0.588. The van der Waals surface area contributed by atoms with E-state index < -0.39 is 29.9 Å². The number of amides is 4. The molecule has 3 rings (SSSR count). The second-order valence-electron chi connectivity index (χ2n) is 6.97. The summed E-state index contributed by atoms with van der Waals surface area (Å²) in [6.07, 6.45) is 4.44. The first-order valence-electron chi connectivity index (χ1n) is 9.16. The molecule has 0 saturated carbocycles. The lowest BCUT2D eigenvalue weighted by molar-refractivity contribution is -0.141. The number of nitrogens with one attached hydrogen (secondary N) is 3. The summed E-state index contributed by atoms with van der Waals surface area (Å²) in [5.41, 5.74) is 6.09. The first-order chi connectivity index (χ1) is 13.4. The first kappa shape index (κ1) is 22.7. The number of primary amides is 1. The largest absolute Gasteiger partial charge is 0.412 e. The summed E-state index contributed by atoms with van der Waals surface area (Å²) in [5, 5.41) is 5.20. The highest BCUT2D eigenvalue weighted by atomic mass is 32.2. The van der Waals surface area contributed by atoms with E-state index in [1.807, 2.05) is 0 Å². The highest BCUT2D eigenvalue weighted by Crippen LogP contribution is 2.20. The number of hydrogen-bond donors (Lipinski definition) is 4. The van der Waals surface area contributed by atoms with Crippen LogP contribution in [0.2, 0.25) is 0 Å². The van der Waals surface area contributed by atoms with Crippen LogP contribution in [0, 0.1) is 0 Å². The van der Waals surface area contributed by atoms with E-state index in [2.05, 4.69) is 20.6 Å². The van der Waals surface area contributed by atoms with Gasteiger partial charge in [-0.1, -0.05) is 0 Å². The van der Waals surface area contributed by atoms with Crippen molar-refractivity contribution in [2.45, 2.75) is 49.6 Å². The van der Waals surface area contributed by atoms with Crippen molar-refractivity contribution in [1.82, 2.24) is 25.5 Å². The van der Waals surface area contributed by atoms with Crippen molar-refractivity contribution in [2.75, 3.05) is 12.3 Å². The van der Waals surface area contributed by atoms with E-state index in [0.29, 0.717) is 30.8 Å². The maximum Gasteiger partial charge on any atom is 0.246 e. The number of thioether (sulfide) groups is 1. The smallest absolute Gasteiger partial charge is 0.246 e. The Morgan fingerprint density at radius 3 is 2.83 bits per heavy atom. The molecule has 0 aliphatic carbocycles. The Balaban J connectivity index is 0.00000300. The van der Waals surface area contributed by atoms with Crippen molar-refractivity contribution in [3.05, 3.63) is 18.2 Å². The number of H-pyrrole nitrogens is 1. The number of nitrogens with zero attached hydrogens (tertiary/aromatic N) is 2. The molecule has 0 radical (unpaired) electrons. The fourth-order valence-corrected chi connectivity index (χ4v) is 4.34. The minimum absolute atomic E-state index is 0. The highest BCUT2D eigenvalue weighted by Gasteiger charge is 2.38. The molecule has 4 atom stereocenters. The van der Waals surface area contributed by atoms with E-state index in [-0.39, 0.29) is 29.0 Å². The zero-order valence-corrected chi connectivity index (χ0v) is 16.8. The van der Waals surface area contributed by atoms with Crippen molar-refractivity contribution in [2.24, 2.45) is 5.73 Å². The molecule has 4 unspecified atom stereocenters. The van der Waals surface area contributed by atoms with Crippen molar-refractivity contribution in [1.29, 1.82) is 0 Å². The summed E-state index contributed by atoms with van der Waals surface area (Å²) < 4.78 is 0. The molecule has 1 aromatic heterocycles. The molecule has 2 fully saturated rings. The lowest BCUT2D eigenvalue weighted by atomic mass is 10.1. The molecule has 11 nitrogen and oxygen atoms in total. The number of nitrogens with two attached hydrogens (primary N) is 1. The van der Waals surface area contributed by atoms with E-state index in [1.54, 1.807) is 13.1 Å².